The highest BCUT2D eigenvalue weighted by Crippen LogP contribution is 2.18. The van der Waals surface area contributed by atoms with Gasteiger partial charge in [-0.05, 0) is 56.4 Å². The Labute approximate surface area is 216 Å². The number of hydrogen-bond donors (Lipinski definition) is 1. The fourth-order valence-electron chi connectivity index (χ4n) is 3.61. The average Bonchev–Trinajstić information content (AvgIpc) is 3.35. The van der Waals surface area contributed by atoms with E-state index in [-0.39, 0.29) is 19.1 Å². The summed E-state index contributed by atoms with van der Waals surface area (Å²) < 4.78 is 7.70. The van der Waals surface area contributed by atoms with E-state index < -0.39 is 17.2 Å². The standard InChI is InChI=1S/C26H27N5O5S/c1-17-23(33)30(15-19-4-6-20(7-5-19)25(34)36-13-12-29(2)3)26(35)31-16-21(37-24(17)31)22(32)28-14-18-8-10-27-11-9-18/h4-11,16H,12-15H2,1-3H3,(H,28,32). The molecular weight excluding hydrogens is 494 g/mol. The van der Waals surface area contributed by atoms with Crippen molar-refractivity contribution in [2.45, 2.75) is 20.0 Å². The minimum absolute atomic E-state index is 0.0246. The lowest BCUT2D eigenvalue weighted by atomic mass is 10.1. The summed E-state index contributed by atoms with van der Waals surface area (Å²) in [5.41, 5.74) is 1.36. The molecular formula is C26H27N5O5S. The van der Waals surface area contributed by atoms with Gasteiger partial charge >= 0.3 is 11.7 Å². The number of pyridine rings is 1. The fourth-order valence-corrected chi connectivity index (χ4v) is 4.61. The van der Waals surface area contributed by atoms with Gasteiger partial charge in [-0.3, -0.25) is 23.5 Å². The van der Waals surface area contributed by atoms with Gasteiger partial charge in [0.2, 0.25) is 0 Å². The fraction of sp³-hybridized carbons (Fsp3) is 0.269. The molecule has 4 aromatic rings. The van der Waals surface area contributed by atoms with Gasteiger partial charge in [-0.1, -0.05) is 12.1 Å². The van der Waals surface area contributed by atoms with Crippen LogP contribution < -0.4 is 16.6 Å². The molecule has 3 aromatic heterocycles. The number of thiazole rings is 1. The lowest BCUT2D eigenvalue weighted by molar-refractivity contribution is 0.0481. The van der Waals surface area contributed by atoms with Crippen molar-refractivity contribution >= 4 is 28.0 Å². The molecule has 0 spiro atoms. The van der Waals surface area contributed by atoms with E-state index in [9.17, 15) is 19.2 Å². The highest BCUT2D eigenvalue weighted by molar-refractivity contribution is 7.19. The molecule has 0 aliphatic heterocycles. The third-order valence-corrected chi connectivity index (χ3v) is 6.93. The molecule has 1 amide bonds. The van der Waals surface area contributed by atoms with Crippen molar-refractivity contribution in [2.75, 3.05) is 27.2 Å². The first-order valence-electron chi connectivity index (χ1n) is 11.6. The van der Waals surface area contributed by atoms with Crippen LogP contribution in [0.25, 0.3) is 4.83 Å². The van der Waals surface area contributed by atoms with Gasteiger partial charge in [0, 0.05) is 37.2 Å². The van der Waals surface area contributed by atoms with Crippen molar-refractivity contribution in [3.63, 3.8) is 0 Å². The Morgan fingerprint density at radius 1 is 1.05 bits per heavy atom. The molecule has 10 nitrogen and oxygen atoms in total. The van der Waals surface area contributed by atoms with Crippen LogP contribution >= 0.6 is 11.3 Å². The third kappa shape index (κ3) is 6.01. The van der Waals surface area contributed by atoms with E-state index in [1.54, 1.807) is 55.7 Å². The van der Waals surface area contributed by atoms with E-state index in [2.05, 4.69) is 10.3 Å². The smallest absolute Gasteiger partial charge is 0.338 e. The Hall–Kier alpha value is -4.09. The first-order valence-corrected chi connectivity index (χ1v) is 12.4. The molecule has 0 bridgehead atoms. The summed E-state index contributed by atoms with van der Waals surface area (Å²) in [4.78, 5) is 57.7. The van der Waals surface area contributed by atoms with Gasteiger partial charge in [0.05, 0.1) is 12.1 Å². The van der Waals surface area contributed by atoms with Gasteiger partial charge in [-0.15, -0.1) is 11.3 Å². The molecule has 0 radical (unpaired) electrons. The number of nitrogens with one attached hydrogen (secondary N) is 1. The lowest BCUT2D eigenvalue weighted by Crippen LogP contribution is -2.38. The first-order chi connectivity index (χ1) is 17.7. The number of esters is 1. The zero-order chi connectivity index (χ0) is 26.5. The predicted molar refractivity (Wildman–Crippen MR) is 140 cm³/mol. The molecule has 0 saturated heterocycles. The van der Waals surface area contributed by atoms with Crippen molar-refractivity contribution < 1.29 is 14.3 Å². The maximum atomic E-state index is 13.2. The van der Waals surface area contributed by atoms with Gasteiger partial charge in [-0.2, -0.15) is 0 Å². The number of amides is 1. The Morgan fingerprint density at radius 2 is 1.76 bits per heavy atom. The van der Waals surface area contributed by atoms with Crippen LogP contribution in [-0.4, -0.2) is 58.0 Å². The van der Waals surface area contributed by atoms with Crippen molar-refractivity contribution in [2.24, 2.45) is 0 Å². The molecule has 0 atom stereocenters. The molecule has 0 aliphatic rings. The second-order valence-electron chi connectivity index (χ2n) is 8.74. The zero-order valence-corrected chi connectivity index (χ0v) is 21.6. The maximum Gasteiger partial charge on any atom is 0.338 e. The van der Waals surface area contributed by atoms with Gasteiger partial charge < -0.3 is 15.0 Å². The Kier molecular flexibility index (Phi) is 7.95. The number of carbonyl (C=O) groups excluding carboxylic acids is 2. The third-order valence-electron chi connectivity index (χ3n) is 5.72. The highest BCUT2D eigenvalue weighted by atomic mass is 32.1. The molecule has 37 heavy (non-hydrogen) atoms. The van der Waals surface area contributed by atoms with Crippen molar-refractivity contribution in [3.05, 3.63) is 103 Å². The number of hydrogen-bond acceptors (Lipinski definition) is 8. The number of rotatable bonds is 9. The lowest BCUT2D eigenvalue weighted by Gasteiger charge is -2.10. The second-order valence-corrected chi connectivity index (χ2v) is 9.77. The SMILES string of the molecule is Cc1c(=O)n(Cc2ccc(C(=O)OCCN(C)C)cc2)c(=O)n2cc(C(=O)NCc3ccncc3)sc12. The summed E-state index contributed by atoms with van der Waals surface area (Å²) >= 11 is 1.09. The monoisotopic (exact) mass is 521 g/mol. The number of likely N-dealkylation sites (N-methyl/N-ethyl adjacent to an activating group) is 1. The van der Waals surface area contributed by atoms with Crippen LogP contribution in [0.3, 0.4) is 0 Å². The van der Waals surface area contributed by atoms with Crippen LogP contribution in [0.5, 0.6) is 0 Å². The maximum absolute atomic E-state index is 13.2. The Morgan fingerprint density at radius 3 is 2.43 bits per heavy atom. The van der Waals surface area contributed by atoms with E-state index in [0.29, 0.717) is 39.5 Å². The number of aryl methyl sites for hydroxylation is 1. The minimum atomic E-state index is -0.540. The molecule has 0 saturated carbocycles. The van der Waals surface area contributed by atoms with Crippen LogP contribution in [0.1, 0.15) is 36.7 Å². The molecule has 0 fully saturated rings. The first kappa shape index (κ1) is 26.0. The van der Waals surface area contributed by atoms with Crippen molar-refractivity contribution in [1.82, 2.24) is 24.2 Å². The van der Waals surface area contributed by atoms with Gasteiger partial charge in [-0.25, -0.2) is 9.59 Å². The van der Waals surface area contributed by atoms with E-state index in [1.807, 2.05) is 19.0 Å². The summed E-state index contributed by atoms with van der Waals surface area (Å²) in [7, 11) is 3.78. The summed E-state index contributed by atoms with van der Waals surface area (Å²) in [5.74, 6) is -0.771. The van der Waals surface area contributed by atoms with Crippen molar-refractivity contribution in [3.8, 4) is 0 Å². The quantitative estimate of drug-likeness (QED) is 0.335. The van der Waals surface area contributed by atoms with Gasteiger partial charge in [0.15, 0.2) is 0 Å². The molecule has 4 rings (SSSR count). The number of carbonyl (C=O) groups is 2. The van der Waals surface area contributed by atoms with Crippen LogP contribution in [0.2, 0.25) is 0 Å². The van der Waals surface area contributed by atoms with Crippen LogP contribution in [0.4, 0.5) is 0 Å². The summed E-state index contributed by atoms with van der Waals surface area (Å²) in [6, 6.07) is 10.2. The highest BCUT2D eigenvalue weighted by Gasteiger charge is 2.18. The molecule has 1 N–H and O–H groups in total. The number of benzene rings is 1. The molecule has 11 heteroatoms. The predicted octanol–water partition coefficient (Wildman–Crippen LogP) is 1.92. The number of nitrogens with zero attached hydrogens (tertiary/aromatic N) is 4. The zero-order valence-electron chi connectivity index (χ0n) is 20.8. The van der Waals surface area contributed by atoms with Crippen LogP contribution in [0, 0.1) is 6.92 Å². The van der Waals surface area contributed by atoms with Crippen molar-refractivity contribution in [1.29, 1.82) is 0 Å². The van der Waals surface area contributed by atoms with Gasteiger partial charge in [0.1, 0.15) is 16.3 Å². The molecule has 0 unspecified atom stereocenters. The normalized spacial score (nSPS) is 11.1. The largest absolute Gasteiger partial charge is 0.461 e. The summed E-state index contributed by atoms with van der Waals surface area (Å²) in [5, 5.41) is 2.82. The van der Waals surface area contributed by atoms with Crippen LogP contribution in [0.15, 0.2) is 64.6 Å². The van der Waals surface area contributed by atoms with Crippen LogP contribution in [-0.2, 0) is 17.8 Å². The number of ether oxygens (including phenoxy) is 1. The molecule has 1 aromatic carbocycles. The Balaban J connectivity index is 1.52. The summed E-state index contributed by atoms with van der Waals surface area (Å²) in [6.45, 7) is 2.88. The van der Waals surface area contributed by atoms with E-state index >= 15 is 0 Å². The van der Waals surface area contributed by atoms with E-state index in [0.717, 1.165) is 21.5 Å². The molecule has 192 valence electrons. The molecule has 0 aliphatic carbocycles. The Bertz CT molecular complexity index is 1540. The number of fused-ring (bicyclic) bond motifs is 1. The summed E-state index contributed by atoms with van der Waals surface area (Å²) in [6.07, 6.45) is 4.74. The second kappa shape index (κ2) is 11.3. The van der Waals surface area contributed by atoms with E-state index in [4.69, 9.17) is 4.74 Å². The molecule has 3 heterocycles. The minimum Gasteiger partial charge on any atom is -0.461 e. The topological polar surface area (TPSA) is 115 Å². The van der Waals surface area contributed by atoms with E-state index in [1.165, 1.54) is 10.6 Å². The van der Waals surface area contributed by atoms with Gasteiger partial charge in [0.25, 0.3) is 11.5 Å². The number of aromatic nitrogens is 3. The average molecular weight is 522 g/mol.